The van der Waals surface area contributed by atoms with Crippen molar-refractivity contribution >= 4 is 17.5 Å². The van der Waals surface area contributed by atoms with Crippen molar-refractivity contribution in [1.82, 2.24) is 0 Å². The van der Waals surface area contributed by atoms with Crippen LogP contribution < -0.4 is 0 Å². The van der Waals surface area contributed by atoms with Gasteiger partial charge in [-0.05, 0) is 88.8 Å². The number of benzene rings is 5. The minimum atomic E-state index is -0.623. The van der Waals surface area contributed by atoms with Crippen LogP contribution in [0.15, 0.2) is 125 Å². The molecule has 0 saturated heterocycles. The van der Waals surface area contributed by atoms with Crippen LogP contribution in [0.25, 0.3) is 11.1 Å². The Labute approximate surface area is 220 Å². The van der Waals surface area contributed by atoms with Crippen LogP contribution in [0, 0.1) is 0 Å². The fraction of sp³-hybridized carbons (Fsp3) is 0.0606. The van der Waals surface area contributed by atoms with Crippen molar-refractivity contribution in [3.05, 3.63) is 143 Å². The summed E-state index contributed by atoms with van der Waals surface area (Å²) < 4.78 is 0. The van der Waals surface area contributed by atoms with E-state index in [1.54, 1.807) is 43.0 Å². The third kappa shape index (κ3) is 3.81. The smallest absolute Gasteiger partial charge is 0.159 e. The van der Waals surface area contributed by atoms with Crippen molar-refractivity contribution in [2.24, 2.45) is 0 Å². The van der Waals surface area contributed by atoms with Gasteiger partial charge >= 0.3 is 0 Å². The fourth-order valence-electron chi connectivity index (χ4n) is 5.43. The van der Waals surface area contributed by atoms with Crippen LogP contribution in [-0.4, -0.2) is 16.0 Å². The van der Waals surface area contributed by atoms with Crippen molar-refractivity contribution < 1.29 is 15.0 Å². The number of Topliss-reactive ketones (excluding diaryl/α,β-unsaturated/α-hetero) is 1. The number of hydrogen-bond acceptors (Lipinski definition) is 4. The van der Waals surface area contributed by atoms with Gasteiger partial charge in [0.2, 0.25) is 0 Å². The minimum Gasteiger partial charge on any atom is -0.508 e. The molecule has 1 aliphatic rings. The Morgan fingerprint density at radius 2 is 1.16 bits per heavy atom. The van der Waals surface area contributed by atoms with E-state index in [1.807, 2.05) is 48.5 Å². The lowest BCUT2D eigenvalue weighted by atomic mass is 9.67. The van der Waals surface area contributed by atoms with Crippen molar-refractivity contribution in [3.63, 3.8) is 0 Å². The molecule has 1 aliphatic carbocycles. The molecule has 2 N–H and O–H groups in total. The summed E-state index contributed by atoms with van der Waals surface area (Å²) in [5.41, 5.74) is 6.79. The SMILES string of the molecule is CC(=O)c1ccc(Sc2ccc3c(c2)C(c2ccc(O)cc2)(c2ccc(O)cc2)c2ccccc2-3)cc1. The molecule has 0 unspecified atom stereocenters. The summed E-state index contributed by atoms with van der Waals surface area (Å²) in [6.45, 7) is 1.58. The molecule has 0 spiro atoms. The lowest BCUT2D eigenvalue weighted by Gasteiger charge is -2.34. The average Bonchev–Trinajstić information content (AvgIpc) is 3.20. The largest absolute Gasteiger partial charge is 0.508 e. The molecule has 5 aromatic carbocycles. The number of rotatable bonds is 5. The first-order valence-corrected chi connectivity index (χ1v) is 12.9. The van der Waals surface area contributed by atoms with Crippen molar-refractivity contribution in [2.75, 3.05) is 0 Å². The highest BCUT2D eigenvalue weighted by Gasteiger charge is 2.46. The van der Waals surface area contributed by atoms with Crippen LogP contribution in [0.2, 0.25) is 0 Å². The molecular weight excluding hydrogens is 476 g/mol. The summed E-state index contributed by atoms with van der Waals surface area (Å²) in [4.78, 5) is 13.8. The van der Waals surface area contributed by atoms with Gasteiger partial charge in [-0.3, -0.25) is 4.79 Å². The highest BCUT2D eigenvalue weighted by molar-refractivity contribution is 7.99. The third-order valence-corrected chi connectivity index (χ3v) is 8.11. The molecular formula is C33H24O3S. The molecule has 0 atom stereocenters. The number of fused-ring (bicyclic) bond motifs is 3. The van der Waals surface area contributed by atoms with Crippen LogP contribution in [0.1, 0.15) is 39.5 Å². The Balaban J connectivity index is 1.58. The van der Waals surface area contributed by atoms with E-state index < -0.39 is 5.41 Å². The number of phenolic OH excluding ortho intramolecular Hbond substituents is 2. The molecule has 0 bridgehead atoms. The lowest BCUT2D eigenvalue weighted by Crippen LogP contribution is -2.28. The Bertz CT molecular complexity index is 1570. The van der Waals surface area contributed by atoms with Crippen LogP contribution in [0.5, 0.6) is 11.5 Å². The minimum absolute atomic E-state index is 0.0550. The number of phenols is 2. The van der Waals surface area contributed by atoms with E-state index in [-0.39, 0.29) is 17.3 Å². The van der Waals surface area contributed by atoms with E-state index in [1.165, 1.54) is 5.56 Å². The van der Waals surface area contributed by atoms with Crippen LogP contribution >= 0.6 is 11.8 Å². The predicted molar refractivity (Wildman–Crippen MR) is 148 cm³/mol. The van der Waals surface area contributed by atoms with Crippen LogP contribution in [-0.2, 0) is 5.41 Å². The number of hydrogen-bond donors (Lipinski definition) is 2. The molecule has 0 heterocycles. The fourth-order valence-corrected chi connectivity index (χ4v) is 6.28. The second kappa shape index (κ2) is 8.99. The quantitative estimate of drug-likeness (QED) is 0.237. The molecule has 0 amide bonds. The maximum atomic E-state index is 11.7. The molecule has 180 valence electrons. The van der Waals surface area contributed by atoms with Gasteiger partial charge in [-0.25, -0.2) is 0 Å². The molecule has 0 fully saturated rings. The number of carbonyl (C=O) groups is 1. The zero-order valence-corrected chi connectivity index (χ0v) is 21.0. The molecule has 0 aliphatic heterocycles. The zero-order valence-electron chi connectivity index (χ0n) is 20.2. The third-order valence-electron chi connectivity index (χ3n) is 7.11. The van der Waals surface area contributed by atoms with Gasteiger partial charge in [-0.15, -0.1) is 0 Å². The Hall–Kier alpha value is -4.28. The summed E-state index contributed by atoms with van der Waals surface area (Å²) in [5.74, 6) is 0.489. The van der Waals surface area contributed by atoms with E-state index in [0.717, 1.165) is 37.6 Å². The first kappa shape index (κ1) is 23.1. The Kier molecular flexibility index (Phi) is 5.62. The Morgan fingerprint density at radius 3 is 1.76 bits per heavy atom. The Morgan fingerprint density at radius 1 is 0.622 bits per heavy atom. The predicted octanol–water partition coefficient (Wildman–Crippen LogP) is 7.81. The van der Waals surface area contributed by atoms with Gasteiger partial charge in [0, 0.05) is 15.4 Å². The maximum Gasteiger partial charge on any atom is 0.159 e. The van der Waals surface area contributed by atoms with Crippen LogP contribution in [0.3, 0.4) is 0 Å². The van der Waals surface area contributed by atoms with Gasteiger partial charge in [0.15, 0.2) is 5.78 Å². The van der Waals surface area contributed by atoms with Gasteiger partial charge in [0.1, 0.15) is 11.5 Å². The lowest BCUT2D eigenvalue weighted by molar-refractivity contribution is 0.101. The monoisotopic (exact) mass is 500 g/mol. The first-order chi connectivity index (χ1) is 18.0. The second-order valence-corrected chi connectivity index (χ2v) is 10.4. The standard InChI is InChI=1S/C33H24O3S/c1-21(34)22-6-16-27(17-7-22)37-28-18-19-30-29-4-2-3-5-31(29)33(32(30)20-28,23-8-12-25(35)13-9-23)24-10-14-26(36)15-11-24/h2-20,35-36H,1H3. The van der Waals surface area contributed by atoms with E-state index in [2.05, 4.69) is 42.5 Å². The summed E-state index contributed by atoms with van der Waals surface area (Å²) in [5, 5.41) is 20.2. The van der Waals surface area contributed by atoms with E-state index >= 15 is 0 Å². The zero-order chi connectivity index (χ0) is 25.6. The number of carbonyl (C=O) groups excluding carboxylic acids is 1. The van der Waals surface area contributed by atoms with Gasteiger partial charge < -0.3 is 10.2 Å². The average molecular weight is 501 g/mol. The number of aromatic hydroxyl groups is 2. The van der Waals surface area contributed by atoms with Crippen molar-refractivity contribution in [2.45, 2.75) is 22.1 Å². The first-order valence-electron chi connectivity index (χ1n) is 12.1. The summed E-state index contributed by atoms with van der Waals surface area (Å²) in [6, 6.07) is 37.6. The van der Waals surface area contributed by atoms with E-state index in [4.69, 9.17) is 0 Å². The molecule has 0 saturated carbocycles. The number of ketones is 1. The highest BCUT2D eigenvalue weighted by Crippen LogP contribution is 2.57. The maximum absolute atomic E-state index is 11.7. The summed E-state index contributed by atoms with van der Waals surface area (Å²) >= 11 is 1.66. The second-order valence-electron chi connectivity index (χ2n) is 9.28. The molecule has 37 heavy (non-hydrogen) atoms. The van der Waals surface area contributed by atoms with E-state index in [9.17, 15) is 15.0 Å². The molecule has 4 heteroatoms. The normalized spacial score (nSPS) is 13.1. The van der Waals surface area contributed by atoms with Gasteiger partial charge in [0.05, 0.1) is 5.41 Å². The highest BCUT2D eigenvalue weighted by atomic mass is 32.2. The van der Waals surface area contributed by atoms with Gasteiger partial charge in [-0.1, -0.05) is 78.5 Å². The molecule has 5 aromatic rings. The van der Waals surface area contributed by atoms with E-state index in [0.29, 0.717) is 5.56 Å². The van der Waals surface area contributed by atoms with Gasteiger partial charge in [0.25, 0.3) is 0 Å². The topological polar surface area (TPSA) is 57.5 Å². The summed E-state index contributed by atoms with van der Waals surface area (Å²) in [6.07, 6.45) is 0. The molecule has 0 radical (unpaired) electrons. The molecule has 0 aromatic heterocycles. The van der Waals surface area contributed by atoms with Crippen LogP contribution in [0.4, 0.5) is 0 Å². The summed E-state index contributed by atoms with van der Waals surface area (Å²) in [7, 11) is 0. The molecule has 3 nitrogen and oxygen atoms in total. The molecule has 6 rings (SSSR count). The van der Waals surface area contributed by atoms with Crippen molar-refractivity contribution in [1.29, 1.82) is 0 Å². The van der Waals surface area contributed by atoms with Gasteiger partial charge in [-0.2, -0.15) is 0 Å². The van der Waals surface area contributed by atoms with Crippen molar-refractivity contribution in [3.8, 4) is 22.6 Å².